The van der Waals surface area contributed by atoms with E-state index in [-0.39, 0.29) is 23.0 Å². The molecule has 7 heterocycles. The van der Waals surface area contributed by atoms with E-state index in [2.05, 4.69) is 46.0 Å². The van der Waals surface area contributed by atoms with E-state index in [1.165, 1.54) is 29.7 Å². The number of aromatic hydroxyl groups is 1. The van der Waals surface area contributed by atoms with Gasteiger partial charge in [-0.3, -0.25) is 23.1 Å². The van der Waals surface area contributed by atoms with E-state index in [9.17, 15) is 19.5 Å². The van der Waals surface area contributed by atoms with Gasteiger partial charge in [0.15, 0.2) is 0 Å². The average molecular weight is 838 g/mol. The van der Waals surface area contributed by atoms with Crippen molar-refractivity contribution >= 4 is 39.6 Å². The maximum atomic E-state index is 12.9. The number of carbonyl (C=O) groups is 1. The van der Waals surface area contributed by atoms with Crippen LogP contribution in [0.1, 0.15) is 38.3 Å². The predicted octanol–water partition coefficient (Wildman–Crippen LogP) is 6.41. The molecule has 1 amide bonds. The summed E-state index contributed by atoms with van der Waals surface area (Å²) < 4.78 is 15.8. The van der Waals surface area contributed by atoms with Crippen LogP contribution < -0.4 is 20.8 Å². The highest BCUT2D eigenvalue weighted by atomic mass is 16.6. The molecule has 1 fully saturated rings. The number of carbonyl (C=O) groups excluding carboxylic acids is 1. The van der Waals surface area contributed by atoms with Gasteiger partial charge < -0.3 is 29.3 Å². The zero-order chi connectivity index (χ0) is 43.9. The smallest absolute Gasteiger partial charge is 0.410 e. The Morgan fingerprint density at radius 3 is 2.18 bits per heavy atom. The van der Waals surface area contributed by atoms with Crippen LogP contribution in [-0.4, -0.2) is 109 Å². The molecular formula is C47H51N9O6. The van der Waals surface area contributed by atoms with Gasteiger partial charge in [-0.15, -0.1) is 0 Å². The first-order valence-corrected chi connectivity index (χ1v) is 20.6. The minimum absolute atomic E-state index is 0.0649. The van der Waals surface area contributed by atoms with Crippen LogP contribution in [0.25, 0.3) is 50.3 Å². The van der Waals surface area contributed by atoms with E-state index in [0.29, 0.717) is 53.5 Å². The number of methoxy groups -OCH3 is 1. The molecule has 62 heavy (non-hydrogen) atoms. The molecule has 5 aromatic heterocycles. The number of hydrogen-bond acceptors (Lipinski definition) is 11. The van der Waals surface area contributed by atoms with E-state index in [1.807, 2.05) is 69.2 Å². The van der Waals surface area contributed by atoms with Crippen LogP contribution >= 0.6 is 0 Å². The standard InChI is InChI=1S/C25H27N3O5.C22H24N6O/c1-25(2,3)33-24(31)27-11-9-16(10-12-27)17-5-8-22-26-20(14-23(30)28(22)15-17)19-7-6-18(29)13-21(19)32-4;1-15-10-16(11-17-13-23-26(3)22(15)17)19-12-21(29)28-14-18(4-5-20(28)24-19)27-8-6-25(2)7-9-27/h5-9,13-15,29H,10-12H2,1-4H3;4-5,10-14H,6-9H2,1-3H3. The Balaban J connectivity index is 0.000000172. The number of fused-ring (bicyclic) bond motifs is 3. The molecule has 7 aromatic rings. The number of amides is 1. The van der Waals surface area contributed by atoms with Gasteiger partial charge in [0, 0.05) is 93.4 Å². The van der Waals surface area contributed by atoms with Crippen LogP contribution in [0.15, 0.2) is 101 Å². The summed E-state index contributed by atoms with van der Waals surface area (Å²) in [5.41, 5.74) is 8.31. The predicted molar refractivity (Wildman–Crippen MR) is 241 cm³/mol. The van der Waals surface area contributed by atoms with Crippen molar-refractivity contribution in [2.75, 3.05) is 58.3 Å². The van der Waals surface area contributed by atoms with Crippen molar-refractivity contribution in [3.63, 3.8) is 0 Å². The first-order chi connectivity index (χ1) is 29.6. The molecule has 0 radical (unpaired) electrons. The van der Waals surface area contributed by atoms with Gasteiger partial charge in [0.25, 0.3) is 11.1 Å². The Morgan fingerprint density at radius 1 is 0.790 bits per heavy atom. The second kappa shape index (κ2) is 16.8. The third-order valence-corrected chi connectivity index (χ3v) is 11.2. The second-order valence-corrected chi connectivity index (χ2v) is 16.8. The molecule has 2 aliphatic rings. The quantitative estimate of drug-likeness (QED) is 0.205. The molecule has 2 aromatic carbocycles. The number of benzene rings is 2. The molecule has 0 unspecified atom stereocenters. The van der Waals surface area contributed by atoms with Gasteiger partial charge in [-0.05, 0) is 106 Å². The fourth-order valence-electron chi connectivity index (χ4n) is 7.94. The van der Waals surface area contributed by atoms with Crippen molar-refractivity contribution in [1.29, 1.82) is 0 Å². The Labute approximate surface area is 358 Å². The van der Waals surface area contributed by atoms with E-state index in [4.69, 9.17) is 14.5 Å². The van der Waals surface area contributed by atoms with Crippen molar-refractivity contribution in [2.24, 2.45) is 7.05 Å². The van der Waals surface area contributed by atoms with Gasteiger partial charge in [0.2, 0.25) is 0 Å². The Hall–Kier alpha value is -7.00. The number of aryl methyl sites for hydroxylation is 2. The third-order valence-electron chi connectivity index (χ3n) is 11.2. The first kappa shape index (κ1) is 41.7. The highest BCUT2D eigenvalue weighted by Gasteiger charge is 2.24. The van der Waals surface area contributed by atoms with Gasteiger partial charge in [0.05, 0.1) is 35.9 Å². The third kappa shape index (κ3) is 8.75. The van der Waals surface area contributed by atoms with Gasteiger partial charge in [0.1, 0.15) is 28.4 Å². The number of aromatic nitrogens is 6. The fourth-order valence-corrected chi connectivity index (χ4v) is 7.94. The SMILES string of the molecule is COc1cc(O)ccc1-c1cc(=O)n2cc(C3=CCN(C(=O)OC(C)(C)C)CC3)ccc2n1.Cc1cc(-c2cc(=O)n3cc(N4CCN(C)CC4)ccc3n2)cc2cnn(C)c12. The number of phenolic OH excluding ortho intramolecular Hbond substituents is 1. The monoisotopic (exact) mass is 837 g/mol. The van der Waals surface area contributed by atoms with Crippen LogP contribution in [0.4, 0.5) is 10.5 Å². The molecule has 15 heteroatoms. The molecule has 320 valence electrons. The summed E-state index contributed by atoms with van der Waals surface area (Å²) in [5, 5.41) is 15.1. The molecule has 2 aliphatic heterocycles. The zero-order valence-electron chi connectivity index (χ0n) is 36.1. The highest BCUT2D eigenvalue weighted by Crippen LogP contribution is 2.32. The van der Waals surface area contributed by atoms with E-state index in [1.54, 1.807) is 33.7 Å². The maximum absolute atomic E-state index is 12.9. The van der Waals surface area contributed by atoms with Crippen LogP contribution in [-0.2, 0) is 11.8 Å². The fraction of sp³-hybridized carbons (Fsp3) is 0.319. The lowest BCUT2D eigenvalue weighted by molar-refractivity contribution is 0.0270. The van der Waals surface area contributed by atoms with Crippen LogP contribution in [0, 0.1) is 6.92 Å². The summed E-state index contributed by atoms with van der Waals surface area (Å²) in [6.07, 6.45) is 7.86. The maximum Gasteiger partial charge on any atom is 0.410 e. The molecule has 0 spiro atoms. The number of nitrogens with zero attached hydrogens (tertiary/aromatic N) is 9. The minimum Gasteiger partial charge on any atom is -0.508 e. The molecule has 0 bridgehead atoms. The second-order valence-electron chi connectivity index (χ2n) is 16.8. The average Bonchev–Trinajstić information content (AvgIpc) is 3.64. The molecule has 0 aliphatic carbocycles. The summed E-state index contributed by atoms with van der Waals surface area (Å²) in [6, 6.07) is 19.6. The lowest BCUT2D eigenvalue weighted by Crippen LogP contribution is -2.44. The van der Waals surface area contributed by atoms with Crippen LogP contribution in [0.5, 0.6) is 11.5 Å². The van der Waals surface area contributed by atoms with Crippen molar-refractivity contribution in [2.45, 2.75) is 39.7 Å². The summed E-state index contributed by atoms with van der Waals surface area (Å²) in [6.45, 7) is 12.6. The van der Waals surface area contributed by atoms with Crippen molar-refractivity contribution < 1.29 is 19.4 Å². The minimum atomic E-state index is -0.531. The van der Waals surface area contributed by atoms with Crippen molar-refractivity contribution in [3.8, 4) is 34.0 Å². The molecule has 0 atom stereocenters. The molecule has 15 nitrogen and oxygen atoms in total. The topological polar surface area (TPSA) is 152 Å². The Bertz CT molecular complexity index is 2990. The number of piperazine rings is 1. The van der Waals surface area contributed by atoms with Gasteiger partial charge in [-0.25, -0.2) is 14.8 Å². The first-order valence-electron chi connectivity index (χ1n) is 20.6. The molecule has 9 rings (SSSR count). The number of pyridine rings is 2. The van der Waals surface area contributed by atoms with Crippen molar-refractivity contribution in [3.05, 3.63) is 123 Å². The summed E-state index contributed by atoms with van der Waals surface area (Å²) >= 11 is 0. The summed E-state index contributed by atoms with van der Waals surface area (Å²) in [4.78, 5) is 53.8. The summed E-state index contributed by atoms with van der Waals surface area (Å²) in [7, 11) is 5.58. The van der Waals surface area contributed by atoms with Gasteiger partial charge in [-0.2, -0.15) is 5.10 Å². The zero-order valence-corrected chi connectivity index (χ0v) is 36.1. The number of rotatable bonds is 5. The number of likely N-dealkylation sites (N-methyl/N-ethyl adjacent to an activating group) is 1. The Morgan fingerprint density at radius 2 is 1.48 bits per heavy atom. The highest BCUT2D eigenvalue weighted by molar-refractivity contribution is 5.87. The summed E-state index contributed by atoms with van der Waals surface area (Å²) in [5.74, 6) is 0.508. The van der Waals surface area contributed by atoms with E-state index >= 15 is 0 Å². The van der Waals surface area contributed by atoms with Gasteiger partial charge >= 0.3 is 6.09 Å². The molecule has 1 N–H and O–H groups in total. The van der Waals surface area contributed by atoms with Gasteiger partial charge in [-0.1, -0.05) is 6.08 Å². The lowest BCUT2D eigenvalue weighted by atomic mass is 10.0. The molecular weight excluding hydrogens is 787 g/mol. The molecule has 0 saturated carbocycles. The normalized spacial score (nSPS) is 14.8. The number of phenols is 1. The van der Waals surface area contributed by atoms with Crippen molar-refractivity contribution in [1.82, 2.24) is 38.3 Å². The lowest BCUT2D eigenvalue weighted by Gasteiger charge is -2.34. The number of anilines is 1. The van der Waals surface area contributed by atoms with Crippen LogP contribution in [0.2, 0.25) is 0 Å². The van der Waals surface area contributed by atoms with Crippen LogP contribution in [0.3, 0.4) is 0 Å². The Kier molecular flexibility index (Phi) is 11.3. The number of hydrogen-bond donors (Lipinski definition) is 1. The largest absolute Gasteiger partial charge is 0.508 e. The van der Waals surface area contributed by atoms with E-state index < -0.39 is 5.60 Å². The number of ether oxygens (including phenoxy) is 2. The molecule has 1 saturated heterocycles. The van der Waals surface area contributed by atoms with E-state index in [0.717, 1.165) is 65.0 Å².